The quantitative estimate of drug-likeness (QED) is 0.785. The molecule has 2 rings (SSSR count). The predicted molar refractivity (Wildman–Crippen MR) is 77.5 cm³/mol. The first kappa shape index (κ1) is 13.8. The molecule has 2 aromatic rings. The molecule has 0 saturated carbocycles. The van der Waals surface area contributed by atoms with E-state index < -0.39 is 0 Å². The minimum Gasteiger partial charge on any atom is -0.348 e. The maximum atomic E-state index is 12.1. The van der Waals surface area contributed by atoms with E-state index in [1.165, 1.54) is 0 Å². The zero-order chi connectivity index (χ0) is 13.8. The van der Waals surface area contributed by atoms with Gasteiger partial charge in [0.2, 0.25) is 0 Å². The molecule has 4 heteroatoms. The number of nitrogens with zero attached hydrogens (tertiary/aromatic N) is 2. The number of aryl methyl sites for hydroxylation is 1. The summed E-state index contributed by atoms with van der Waals surface area (Å²) in [4.78, 5) is 14.1. The fourth-order valence-corrected chi connectivity index (χ4v) is 2.16. The van der Waals surface area contributed by atoms with Gasteiger partial charge in [-0.25, -0.2) is 0 Å². The number of Topliss-reactive ketones (excluding diaryl/α,β-unsaturated/α-hetero) is 1. The number of benzene rings is 1. The van der Waals surface area contributed by atoms with Gasteiger partial charge in [0.05, 0.1) is 12.2 Å². The van der Waals surface area contributed by atoms with Crippen molar-refractivity contribution in [3.8, 4) is 0 Å². The minimum atomic E-state index is 0.129. The summed E-state index contributed by atoms with van der Waals surface area (Å²) in [5.41, 5.74) is 1.88. The summed E-state index contributed by atoms with van der Waals surface area (Å²) in [6, 6.07) is 11.4. The Labute approximate surface area is 118 Å². The molecule has 0 atom stereocenters. The van der Waals surface area contributed by atoms with Crippen molar-refractivity contribution >= 4 is 17.4 Å². The second kappa shape index (κ2) is 6.04. The van der Waals surface area contributed by atoms with Crippen molar-refractivity contribution in [3.63, 3.8) is 0 Å². The number of halogens is 1. The standard InChI is InChI=1S/C15H17ClN2O/c1-17(10-12-5-7-13(16)8-6-12)11-15(19)14-4-3-9-18(14)2/h3-9H,10-11H2,1-2H3. The molecule has 0 radical (unpaired) electrons. The van der Waals surface area contributed by atoms with Gasteiger partial charge in [-0.3, -0.25) is 9.69 Å². The molecule has 0 amide bonds. The van der Waals surface area contributed by atoms with Crippen LogP contribution in [-0.2, 0) is 13.6 Å². The molecule has 0 spiro atoms. The van der Waals surface area contributed by atoms with Crippen LogP contribution >= 0.6 is 11.6 Å². The molecule has 0 bridgehead atoms. The van der Waals surface area contributed by atoms with E-state index in [0.717, 1.165) is 22.8 Å². The lowest BCUT2D eigenvalue weighted by molar-refractivity contribution is 0.0935. The highest BCUT2D eigenvalue weighted by Gasteiger charge is 2.12. The summed E-state index contributed by atoms with van der Waals surface area (Å²) in [6.07, 6.45) is 1.88. The summed E-state index contributed by atoms with van der Waals surface area (Å²) in [7, 11) is 3.82. The molecule has 100 valence electrons. The van der Waals surface area contributed by atoms with Gasteiger partial charge in [0.25, 0.3) is 0 Å². The van der Waals surface area contributed by atoms with Crippen LogP contribution in [0.2, 0.25) is 5.02 Å². The van der Waals surface area contributed by atoms with Gasteiger partial charge in [-0.15, -0.1) is 0 Å². The second-order valence-corrected chi connectivity index (χ2v) is 5.16. The summed E-state index contributed by atoms with van der Waals surface area (Å²) >= 11 is 5.85. The van der Waals surface area contributed by atoms with E-state index in [-0.39, 0.29) is 5.78 Å². The molecule has 1 aromatic heterocycles. The molecule has 19 heavy (non-hydrogen) atoms. The molecule has 3 nitrogen and oxygen atoms in total. The van der Waals surface area contributed by atoms with Crippen molar-refractivity contribution in [2.45, 2.75) is 6.54 Å². The van der Waals surface area contributed by atoms with E-state index in [9.17, 15) is 4.79 Å². The lowest BCUT2D eigenvalue weighted by Crippen LogP contribution is -2.26. The van der Waals surface area contributed by atoms with Crippen LogP contribution in [0.5, 0.6) is 0 Å². The van der Waals surface area contributed by atoms with E-state index in [1.54, 1.807) is 0 Å². The third kappa shape index (κ3) is 3.69. The third-order valence-electron chi connectivity index (χ3n) is 3.01. The Balaban J connectivity index is 1.94. The Hall–Kier alpha value is -1.58. The Morgan fingerprint density at radius 2 is 1.95 bits per heavy atom. The topological polar surface area (TPSA) is 25.2 Å². The van der Waals surface area contributed by atoms with Crippen LogP contribution in [0.15, 0.2) is 42.6 Å². The molecule has 0 aliphatic heterocycles. The predicted octanol–water partition coefficient (Wildman–Crippen LogP) is 2.99. The van der Waals surface area contributed by atoms with Gasteiger partial charge in [-0.2, -0.15) is 0 Å². The van der Waals surface area contributed by atoms with Gasteiger partial charge in [-0.1, -0.05) is 23.7 Å². The normalized spacial score (nSPS) is 10.9. The number of hydrogen-bond donors (Lipinski definition) is 0. The highest BCUT2D eigenvalue weighted by atomic mass is 35.5. The number of aromatic nitrogens is 1. The monoisotopic (exact) mass is 276 g/mol. The first-order valence-corrected chi connectivity index (χ1v) is 6.51. The molecule has 0 N–H and O–H groups in total. The van der Waals surface area contributed by atoms with Crippen LogP contribution in [0, 0.1) is 0 Å². The number of ketones is 1. The van der Waals surface area contributed by atoms with Gasteiger partial charge in [0.15, 0.2) is 5.78 Å². The SMILES string of the molecule is CN(CC(=O)c1cccn1C)Cc1ccc(Cl)cc1. The van der Waals surface area contributed by atoms with Crippen LogP contribution in [-0.4, -0.2) is 28.8 Å². The molecule has 0 saturated heterocycles. The second-order valence-electron chi connectivity index (χ2n) is 4.73. The van der Waals surface area contributed by atoms with E-state index in [2.05, 4.69) is 0 Å². The Morgan fingerprint density at radius 3 is 2.53 bits per heavy atom. The number of likely N-dealkylation sites (N-methyl/N-ethyl adjacent to an activating group) is 1. The molecule has 0 aliphatic carbocycles. The summed E-state index contributed by atoms with van der Waals surface area (Å²) in [5.74, 6) is 0.129. The van der Waals surface area contributed by atoms with Crippen molar-refractivity contribution in [2.75, 3.05) is 13.6 Å². The van der Waals surface area contributed by atoms with Crippen molar-refractivity contribution in [1.82, 2.24) is 9.47 Å². The molecule has 0 unspecified atom stereocenters. The Morgan fingerprint density at radius 1 is 1.26 bits per heavy atom. The van der Waals surface area contributed by atoms with Crippen molar-refractivity contribution in [2.24, 2.45) is 7.05 Å². The van der Waals surface area contributed by atoms with Crippen molar-refractivity contribution in [3.05, 3.63) is 58.9 Å². The fourth-order valence-electron chi connectivity index (χ4n) is 2.03. The van der Waals surface area contributed by atoms with Crippen LogP contribution in [0.25, 0.3) is 0 Å². The molecule has 0 aliphatic rings. The lowest BCUT2D eigenvalue weighted by Gasteiger charge is -2.16. The maximum Gasteiger partial charge on any atom is 0.193 e. The fraction of sp³-hybridized carbons (Fsp3) is 0.267. The van der Waals surface area contributed by atoms with E-state index in [1.807, 2.05) is 66.2 Å². The van der Waals surface area contributed by atoms with Gasteiger partial charge < -0.3 is 4.57 Å². The number of rotatable bonds is 5. The van der Waals surface area contributed by atoms with E-state index in [4.69, 9.17) is 11.6 Å². The van der Waals surface area contributed by atoms with Gasteiger partial charge in [0, 0.05) is 24.8 Å². The van der Waals surface area contributed by atoms with Gasteiger partial charge >= 0.3 is 0 Å². The molecular formula is C15H17ClN2O. The highest BCUT2D eigenvalue weighted by Crippen LogP contribution is 2.11. The van der Waals surface area contributed by atoms with Crippen molar-refractivity contribution < 1.29 is 4.79 Å². The molecule has 0 fully saturated rings. The molecule has 1 heterocycles. The highest BCUT2D eigenvalue weighted by molar-refractivity contribution is 6.30. The average molecular weight is 277 g/mol. The van der Waals surface area contributed by atoms with Crippen LogP contribution < -0.4 is 0 Å². The molecule has 1 aromatic carbocycles. The van der Waals surface area contributed by atoms with Crippen LogP contribution in [0.1, 0.15) is 16.1 Å². The molecular weight excluding hydrogens is 260 g/mol. The van der Waals surface area contributed by atoms with Gasteiger partial charge in [0.1, 0.15) is 0 Å². The maximum absolute atomic E-state index is 12.1. The number of carbonyl (C=O) groups is 1. The number of carbonyl (C=O) groups excluding carboxylic acids is 1. The third-order valence-corrected chi connectivity index (χ3v) is 3.26. The van der Waals surface area contributed by atoms with Crippen LogP contribution in [0.4, 0.5) is 0 Å². The summed E-state index contributed by atoms with van der Waals surface area (Å²) < 4.78 is 1.85. The smallest absolute Gasteiger partial charge is 0.193 e. The largest absolute Gasteiger partial charge is 0.348 e. The Kier molecular flexibility index (Phi) is 4.40. The Bertz CT molecular complexity index is 560. The van der Waals surface area contributed by atoms with Crippen LogP contribution in [0.3, 0.4) is 0 Å². The van der Waals surface area contributed by atoms with E-state index in [0.29, 0.717) is 6.54 Å². The lowest BCUT2D eigenvalue weighted by atomic mass is 10.2. The minimum absolute atomic E-state index is 0.129. The average Bonchev–Trinajstić information content (AvgIpc) is 2.78. The zero-order valence-electron chi connectivity index (χ0n) is 11.1. The zero-order valence-corrected chi connectivity index (χ0v) is 11.9. The van der Waals surface area contributed by atoms with Gasteiger partial charge in [-0.05, 0) is 36.9 Å². The van der Waals surface area contributed by atoms with E-state index >= 15 is 0 Å². The van der Waals surface area contributed by atoms with Crippen molar-refractivity contribution in [1.29, 1.82) is 0 Å². The number of hydrogen-bond acceptors (Lipinski definition) is 2. The first-order chi connectivity index (χ1) is 9.06. The summed E-state index contributed by atoms with van der Waals surface area (Å²) in [6.45, 7) is 1.13. The summed E-state index contributed by atoms with van der Waals surface area (Å²) in [5, 5.41) is 0.728. The first-order valence-electron chi connectivity index (χ1n) is 6.14.